The van der Waals surface area contributed by atoms with Crippen LogP contribution in [-0.4, -0.2) is 19.1 Å². The Morgan fingerprint density at radius 2 is 1.76 bits per heavy atom. The van der Waals surface area contributed by atoms with Crippen molar-refractivity contribution in [1.82, 2.24) is 5.32 Å². The number of rotatable bonds is 8. The number of benzene rings is 2. The van der Waals surface area contributed by atoms with Gasteiger partial charge in [0.05, 0.1) is 6.54 Å². The van der Waals surface area contributed by atoms with Gasteiger partial charge >= 0.3 is 0 Å². The molecule has 0 spiro atoms. The van der Waals surface area contributed by atoms with Crippen LogP contribution in [0.15, 0.2) is 42.5 Å². The molecule has 0 fully saturated rings. The van der Waals surface area contributed by atoms with Crippen molar-refractivity contribution >= 4 is 16.7 Å². The van der Waals surface area contributed by atoms with Gasteiger partial charge in [-0.25, -0.2) is 0 Å². The summed E-state index contributed by atoms with van der Waals surface area (Å²) in [7, 11) is 0. The minimum absolute atomic E-state index is 0.115. The highest BCUT2D eigenvalue weighted by molar-refractivity contribution is 5.88. The molecule has 132 valence electrons. The molecule has 0 aliphatic carbocycles. The monoisotopic (exact) mass is 337 g/mol. The smallest absolute Gasteiger partial charge is 0.223 e. The zero-order valence-corrected chi connectivity index (χ0v) is 15.2. The second-order valence-electron chi connectivity index (χ2n) is 6.11. The Morgan fingerprint density at radius 3 is 2.52 bits per heavy atom. The predicted molar refractivity (Wildman–Crippen MR) is 104 cm³/mol. The molecular weight excluding hydrogens is 310 g/mol. The van der Waals surface area contributed by atoms with Gasteiger partial charge in [-0.1, -0.05) is 74.9 Å². The molecule has 0 radical (unpaired) electrons. The van der Waals surface area contributed by atoms with Crippen molar-refractivity contribution in [3.63, 3.8) is 0 Å². The lowest BCUT2D eigenvalue weighted by Crippen LogP contribution is -2.31. The fraction of sp³-hybridized carbons (Fsp3) is 0.409. The van der Waals surface area contributed by atoms with E-state index in [0.29, 0.717) is 13.2 Å². The molecule has 2 rings (SSSR count). The summed E-state index contributed by atoms with van der Waals surface area (Å²) >= 11 is 0. The van der Waals surface area contributed by atoms with Crippen LogP contribution in [-0.2, 0) is 4.79 Å². The molecule has 0 saturated heterocycles. The fourth-order valence-electron chi connectivity index (χ4n) is 2.93. The molecular formula is C22H27NO2. The first kappa shape index (κ1) is 18.9. The molecule has 0 unspecified atom stereocenters. The number of ether oxygens (including phenoxy) is 1. The Hall–Kier alpha value is -2.47. The van der Waals surface area contributed by atoms with Crippen LogP contribution in [0.5, 0.6) is 5.75 Å². The van der Waals surface area contributed by atoms with Crippen LogP contribution in [0.4, 0.5) is 0 Å². The third kappa shape index (κ3) is 5.83. The van der Waals surface area contributed by atoms with E-state index in [-0.39, 0.29) is 11.8 Å². The molecule has 0 aliphatic heterocycles. The average Bonchev–Trinajstić information content (AvgIpc) is 2.64. The normalized spacial score (nSPS) is 10.4. The van der Waals surface area contributed by atoms with Crippen LogP contribution >= 0.6 is 0 Å². The van der Waals surface area contributed by atoms with Crippen LogP contribution in [0.25, 0.3) is 10.8 Å². The van der Waals surface area contributed by atoms with Crippen LogP contribution in [0, 0.1) is 17.8 Å². The first-order chi connectivity index (χ1) is 12.3. The van der Waals surface area contributed by atoms with Crippen LogP contribution in [0.3, 0.4) is 0 Å². The van der Waals surface area contributed by atoms with Crippen molar-refractivity contribution in [2.45, 2.75) is 39.5 Å². The summed E-state index contributed by atoms with van der Waals surface area (Å²) in [5.41, 5.74) is 0. The first-order valence-electron chi connectivity index (χ1n) is 9.10. The molecule has 1 N–H and O–H groups in total. The third-order valence-electron chi connectivity index (χ3n) is 4.17. The largest absolute Gasteiger partial charge is 0.480 e. The Morgan fingerprint density at radius 1 is 1.04 bits per heavy atom. The van der Waals surface area contributed by atoms with Crippen molar-refractivity contribution in [1.29, 1.82) is 0 Å². The maximum Gasteiger partial charge on any atom is 0.223 e. The van der Waals surface area contributed by atoms with E-state index in [1.807, 2.05) is 30.3 Å². The van der Waals surface area contributed by atoms with Gasteiger partial charge in [0.2, 0.25) is 5.91 Å². The number of amides is 1. The molecule has 3 nitrogen and oxygen atoms in total. The molecule has 0 aromatic heterocycles. The Balaban J connectivity index is 1.80. The molecule has 2 aromatic rings. The predicted octanol–water partition coefficient (Wildman–Crippen LogP) is 4.55. The number of nitrogens with one attached hydrogen (secondary N) is 1. The summed E-state index contributed by atoms with van der Waals surface area (Å²) in [4.78, 5) is 12.1. The summed E-state index contributed by atoms with van der Waals surface area (Å²) in [5.74, 6) is 7.01. The third-order valence-corrected chi connectivity index (χ3v) is 4.17. The van der Waals surface area contributed by atoms with E-state index < -0.39 is 0 Å². The van der Waals surface area contributed by atoms with Gasteiger partial charge in [0.1, 0.15) is 12.4 Å². The van der Waals surface area contributed by atoms with Gasteiger partial charge in [-0.15, -0.1) is 0 Å². The first-order valence-corrected chi connectivity index (χ1v) is 9.10. The highest BCUT2D eigenvalue weighted by atomic mass is 16.5. The molecule has 0 bridgehead atoms. The zero-order valence-electron chi connectivity index (χ0n) is 15.2. The van der Waals surface area contributed by atoms with Crippen molar-refractivity contribution in [2.75, 3.05) is 13.2 Å². The zero-order chi connectivity index (χ0) is 17.9. The lowest BCUT2D eigenvalue weighted by molar-refractivity contribution is -0.125. The summed E-state index contributed by atoms with van der Waals surface area (Å²) in [6.45, 7) is 4.92. The SMILES string of the molecule is CCCC(CCC)C(=O)NCC#CCOc1cccc2ccccc12. The topological polar surface area (TPSA) is 38.3 Å². The summed E-state index contributed by atoms with van der Waals surface area (Å²) < 4.78 is 5.76. The van der Waals surface area contributed by atoms with E-state index in [2.05, 4.69) is 43.1 Å². The second-order valence-corrected chi connectivity index (χ2v) is 6.11. The van der Waals surface area contributed by atoms with Gasteiger partial charge in [0.15, 0.2) is 0 Å². The van der Waals surface area contributed by atoms with Crippen molar-refractivity contribution in [2.24, 2.45) is 5.92 Å². The number of fused-ring (bicyclic) bond motifs is 1. The van der Waals surface area contributed by atoms with Crippen LogP contribution < -0.4 is 10.1 Å². The van der Waals surface area contributed by atoms with Gasteiger partial charge in [0.25, 0.3) is 0 Å². The molecule has 0 saturated carbocycles. The van der Waals surface area contributed by atoms with E-state index in [1.165, 1.54) is 0 Å². The maximum atomic E-state index is 12.1. The summed E-state index contributed by atoms with van der Waals surface area (Å²) in [6, 6.07) is 14.1. The summed E-state index contributed by atoms with van der Waals surface area (Å²) in [5, 5.41) is 5.15. The van der Waals surface area contributed by atoms with Gasteiger partial charge in [-0.05, 0) is 24.3 Å². The van der Waals surface area contributed by atoms with E-state index in [1.54, 1.807) is 0 Å². The quantitative estimate of drug-likeness (QED) is 0.717. The second kappa shape index (κ2) is 10.4. The molecule has 0 aliphatic rings. The number of carbonyl (C=O) groups is 1. The van der Waals surface area contributed by atoms with E-state index in [4.69, 9.17) is 4.74 Å². The van der Waals surface area contributed by atoms with Crippen molar-refractivity contribution in [3.05, 3.63) is 42.5 Å². The molecule has 0 heterocycles. The van der Waals surface area contributed by atoms with Crippen molar-refractivity contribution in [3.8, 4) is 17.6 Å². The van der Waals surface area contributed by atoms with E-state index >= 15 is 0 Å². The van der Waals surface area contributed by atoms with Gasteiger partial charge in [0, 0.05) is 11.3 Å². The van der Waals surface area contributed by atoms with Gasteiger partial charge in [-0.2, -0.15) is 0 Å². The molecule has 0 atom stereocenters. The molecule has 1 amide bonds. The molecule has 3 heteroatoms. The number of carbonyl (C=O) groups excluding carboxylic acids is 1. The standard InChI is InChI=1S/C22H27NO2/c1-3-10-19(11-4-2)22(24)23-16-7-8-17-25-21-15-9-13-18-12-5-6-14-20(18)21/h5-6,9,12-15,19H,3-4,10-11,16-17H2,1-2H3,(H,23,24). The van der Waals surface area contributed by atoms with Crippen LogP contribution in [0.2, 0.25) is 0 Å². The van der Waals surface area contributed by atoms with Crippen LogP contribution in [0.1, 0.15) is 39.5 Å². The van der Waals surface area contributed by atoms with Gasteiger partial charge in [-0.3, -0.25) is 4.79 Å². The van der Waals surface area contributed by atoms with Gasteiger partial charge < -0.3 is 10.1 Å². The highest BCUT2D eigenvalue weighted by Crippen LogP contribution is 2.24. The Labute approximate surface area is 150 Å². The lowest BCUT2D eigenvalue weighted by atomic mass is 9.97. The fourth-order valence-corrected chi connectivity index (χ4v) is 2.93. The number of hydrogen-bond acceptors (Lipinski definition) is 2. The van der Waals surface area contributed by atoms with Crippen molar-refractivity contribution < 1.29 is 9.53 Å². The molecule has 2 aromatic carbocycles. The van der Waals surface area contributed by atoms with E-state index in [9.17, 15) is 4.79 Å². The molecule has 25 heavy (non-hydrogen) atoms. The average molecular weight is 337 g/mol. The number of hydrogen-bond donors (Lipinski definition) is 1. The Kier molecular flexibility index (Phi) is 7.85. The minimum Gasteiger partial charge on any atom is -0.480 e. The lowest BCUT2D eigenvalue weighted by Gasteiger charge is -2.13. The van der Waals surface area contributed by atoms with E-state index in [0.717, 1.165) is 42.2 Å². The maximum absolute atomic E-state index is 12.1. The Bertz CT molecular complexity index is 731. The summed E-state index contributed by atoms with van der Waals surface area (Å²) in [6.07, 6.45) is 3.94. The highest BCUT2D eigenvalue weighted by Gasteiger charge is 2.15. The minimum atomic E-state index is 0.115.